The van der Waals surface area contributed by atoms with Crippen LogP contribution < -0.4 is 0 Å². The molecule has 3 rings (SSSR count). The SMILES string of the molecule is CC(OS(=O)(=O)C(F)(F)F)=C1CCC(c2ccccc2)OC1CCc1ccccc1. The minimum absolute atomic E-state index is 0.220. The van der Waals surface area contributed by atoms with Gasteiger partial charge in [0.25, 0.3) is 0 Å². The van der Waals surface area contributed by atoms with Crippen molar-refractivity contribution in [1.29, 1.82) is 0 Å². The molecule has 0 aliphatic carbocycles. The molecule has 8 heteroatoms. The molecule has 1 heterocycles. The van der Waals surface area contributed by atoms with E-state index in [1.54, 1.807) is 0 Å². The molecule has 1 aliphatic heterocycles. The fourth-order valence-electron chi connectivity index (χ4n) is 3.56. The maximum atomic E-state index is 12.7. The molecule has 0 aromatic heterocycles. The molecule has 2 aromatic rings. The Balaban J connectivity index is 1.84. The highest BCUT2D eigenvalue weighted by Gasteiger charge is 2.49. The van der Waals surface area contributed by atoms with Gasteiger partial charge in [-0.05, 0) is 49.3 Å². The third-order valence-corrected chi connectivity index (χ3v) is 6.11. The number of aryl methyl sites for hydroxylation is 1. The van der Waals surface area contributed by atoms with Gasteiger partial charge in [0, 0.05) is 0 Å². The van der Waals surface area contributed by atoms with Crippen molar-refractivity contribution in [3.63, 3.8) is 0 Å². The fourth-order valence-corrected chi connectivity index (χ4v) is 4.09. The highest BCUT2D eigenvalue weighted by molar-refractivity contribution is 7.87. The van der Waals surface area contributed by atoms with Crippen LogP contribution >= 0.6 is 0 Å². The number of hydrogen-bond donors (Lipinski definition) is 0. The topological polar surface area (TPSA) is 52.6 Å². The summed E-state index contributed by atoms with van der Waals surface area (Å²) in [5.74, 6) is -0.267. The van der Waals surface area contributed by atoms with Crippen LogP contribution in [-0.2, 0) is 25.5 Å². The quantitative estimate of drug-likeness (QED) is 0.329. The van der Waals surface area contributed by atoms with Gasteiger partial charge in [-0.15, -0.1) is 0 Å². The van der Waals surface area contributed by atoms with Gasteiger partial charge < -0.3 is 8.92 Å². The van der Waals surface area contributed by atoms with Crippen LogP contribution in [0.15, 0.2) is 72.0 Å². The molecular weight excluding hydrogens is 417 g/mol. The number of benzene rings is 2. The summed E-state index contributed by atoms with van der Waals surface area (Å²) in [4.78, 5) is 0. The molecule has 0 N–H and O–H groups in total. The highest BCUT2D eigenvalue weighted by atomic mass is 32.2. The van der Waals surface area contributed by atoms with E-state index in [0.29, 0.717) is 31.3 Å². The first-order valence-corrected chi connectivity index (χ1v) is 11.0. The van der Waals surface area contributed by atoms with Crippen LogP contribution in [0, 0.1) is 0 Å². The molecule has 0 amide bonds. The second-order valence-corrected chi connectivity index (χ2v) is 8.69. The lowest BCUT2D eigenvalue weighted by molar-refractivity contribution is -0.0531. The van der Waals surface area contributed by atoms with Crippen LogP contribution in [0.5, 0.6) is 0 Å². The second kappa shape index (κ2) is 9.22. The average molecular weight is 440 g/mol. The van der Waals surface area contributed by atoms with Gasteiger partial charge >= 0.3 is 15.6 Å². The fraction of sp³-hybridized carbons (Fsp3) is 0.364. The molecule has 162 valence electrons. The van der Waals surface area contributed by atoms with E-state index in [4.69, 9.17) is 4.74 Å². The van der Waals surface area contributed by atoms with Crippen LogP contribution in [0.2, 0.25) is 0 Å². The molecule has 2 aromatic carbocycles. The predicted octanol–water partition coefficient (Wildman–Crippen LogP) is 5.68. The lowest BCUT2D eigenvalue weighted by atomic mass is 9.90. The first-order chi connectivity index (χ1) is 14.2. The van der Waals surface area contributed by atoms with Gasteiger partial charge in [0.05, 0.1) is 12.2 Å². The first-order valence-electron chi connectivity index (χ1n) is 9.62. The van der Waals surface area contributed by atoms with E-state index in [1.165, 1.54) is 6.92 Å². The summed E-state index contributed by atoms with van der Waals surface area (Å²) >= 11 is 0. The highest BCUT2D eigenvalue weighted by Crippen LogP contribution is 2.38. The summed E-state index contributed by atoms with van der Waals surface area (Å²) in [6, 6.07) is 19.2. The predicted molar refractivity (Wildman–Crippen MR) is 107 cm³/mol. The molecule has 0 radical (unpaired) electrons. The maximum Gasteiger partial charge on any atom is 0.534 e. The number of rotatable bonds is 6. The van der Waals surface area contributed by atoms with E-state index in [1.807, 2.05) is 60.7 Å². The zero-order valence-corrected chi connectivity index (χ0v) is 17.2. The van der Waals surface area contributed by atoms with Gasteiger partial charge in [-0.3, -0.25) is 0 Å². The normalized spacial score (nSPS) is 21.9. The molecule has 1 saturated heterocycles. The van der Waals surface area contributed by atoms with Gasteiger partial charge in [0.2, 0.25) is 0 Å². The smallest absolute Gasteiger partial charge is 0.381 e. The van der Waals surface area contributed by atoms with Crippen LogP contribution in [0.3, 0.4) is 0 Å². The standard InChI is InChI=1S/C22H23F3O4S/c1-16(29-30(26,27)22(23,24)25)19-13-15-20(18-10-6-3-7-11-18)28-21(19)14-12-17-8-4-2-5-9-17/h2-11,20-21H,12-15H2,1H3. The van der Waals surface area contributed by atoms with Crippen molar-refractivity contribution in [1.82, 2.24) is 0 Å². The summed E-state index contributed by atoms with van der Waals surface area (Å²) in [5.41, 5.74) is -2.99. The Labute approximate surface area is 174 Å². The molecule has 2 atom stereocenters. The molecule has 0 spiro atoms. The van der Waals surface area contributed by atoms with Crippen molar-refractivity contribution in [2.45, 2.75) is 50.3 Å². The van der Waals surface area contributed by atoms with E-state index in [9.17, 15) is 21.6 Å². The Kier molecular flexibility index (Phi) is 6.88. The van der Waals surface area contributed by atoms with Crippen molar-refractivity contribution >= 4 is 10.1 Å². The summed E-state index contributed by atoms with van der Waals surface area (Å²) in [6.45, 7) is 1.25. The van der Waals surface area contributed by atoms with Gasteiger partial charge in [-0.2, -0.15) is 21.6 Å². The van der Waals surface area contributed by atoms with E-state index >= 15 is 0 Å². The minimum atomic E-state index is -5.72. The number of allylic oxidation sites excluding steroid dienone is 1. The van der Waals surface area contributed by atoms with E-state index in [2.05, 4.69) is 4.18 Å². The maximum absolute atomic E-state index is 12.7. The summed E-state index contributed by atoms with van der Waals surface area (Å²) in [5, 5.41) is 0. The number of ether oxygens (including phenoxy) is 1. The second-order valence-electron chi connectivity index (χ2n) is 7.15. The number of hydrogen-bond acceptors (Lipinski definition) is 4. The van der Waals surface area contributed by atoms with Gasteiger partial charge in [0.1, 0.15) is 5.76 Å². The lowest BCUT2D eigenvalue weighted by Crippen LogP contribution is -2.29. The van der Waals surface area contributed by atoms with Crippen molar-refractivity contribution in [3.8, 4) is 0 Å². The molecule has 1 fully saturated rings. The summed E-state index contributed by atoms with van der Waals surface area (Å²) in [6.07, 6.45) is 1.27. The molecule has 0 bridgehead atoms. The Morgan fingerprint density at radius 2 is 1.67 bits per heavy atom. The summed E-state index contributed by atoms with van der Waals surface area (Å²) in [7, 11) is -5.72. The zero-order valence-electron chi connectivity index (χ0n) is 16.4. The van der Waals surface area contributed by atoms with Gasteiger partial charge in [0.15, 0.2) is 0 Å². The zero-order chi connectivity index (χ0) is 21.8. The Morgan fingerprint density at radius 3 is 2.27 bits per heavy atom. The van der Waals surface area contributed by atoms with Crippen molar-refractivity contribution < 1.29 is 30.5 Å². The molecule has 0 saturated carbocycles. The van der Waals surface area contributed by atoms with Crippen molar-refractivity contribution in [2.24, 2.45) is 0 Å². The van der Waals surface area contributed by atoms with Crippen molar-refractivity contribution in [2.75, 3.05) is 0 Å². The van der Waals surface area contributed by atoms with Crippen LogP contribution in [0.25, 0.3) is 0 Å². The number of alkyl halides is 3. The van der Waals surface area contributed by atoms with E-state index < -0.39 is 21.7 Å². The summed E-state index contributed by atoms with van der Waals surface area (Å²) < 4.78 is 71.8. The van der Waals surface area contributed by atoms with Gasteiger partial charge in [-0.1, -0.05) is 60.7 Å². The largest absolute Gasteiger partial charge is 0.534 e. The van der Waals surface area contributed by atoms with Crippen LogP contribution in [0.1, 0.15) is 43.4 Å². The Bertz CT molecular complexity index is 970. The third-order valence-electron chi connectivity index (χ3n) is 5.07. The van der Waals surface area contributed by atoms with Crippen molar-refractivity contribution in [3.05, 3.63) is 83.1 Å². The molecule has 1 aliphatic rings. The molecule has 30 heavy (non-hydrogen) atoms. The van der Waals surface area contributed by atoms with E-state index in [-0.39, 0.29) is 11.9 Å². The monoisotopic (exact) mass is 440 g/mol. The molecular formula is C22H23F3O4S. The van der Waals surface area contributed by atoms with Gasteiger partial charge in [-0.25, -0.2) is 0 Å². The average Bonchev–Trinajstić information content (AvgIpc) is 2.72. The Morgan fingerprint density at radius 1 is 1.07 bits per heavy atom. The first kappa shape index (κ1) is 22.4. The third kappa shape index (κ3) is 5.43. The Hall–Kier alpha value is -2.32. The molecule has 2 unspecified atom stereocenters. The minimum Gasteiger partial charge on any atom is -0.381 e. The van der Waals surface area contributed by atoms with Crippen LogP contribution in [-0.4, -0.2) is 20.0 Å². The van der Waals surface area contributed by atoms with Crippen LogP contribution in [0.4, 0.5) is 13.2 Å². The lowest BCUT2D eigenvalue weighted by Gasteiger charge is -2.33. The number of halogens is 3. The van der Waals surface area contributed by atoms with E-state index in [0.717, 1.165) is 11.1 Å². The molecule has 4 nitrogen and oxygen atoms in total.